The summed E-state index contributed by atoms with van der Waals surface area (Å²) < 4.78 is 0. The molecule has 0 aliphatic carbocycles. The van der Waals surface area contributed by atoms with Gasteiger partial charge in [0.05, 0.1) is 20.6 Å². The molecule has 0 radical (unpaired) electrons. The van der Waals surface area contributed by atoms with E-state index in [0.29, 0.717) is 0 Å². The molecule has 0 spiro atoms. The van der Waals surface area contributed by atoms with Crippen LogP contribution in [0.3, 0.4) is 0 Å². The summed E-state index contributed by atoms with van der Waals surface area (Å²) in [5.74, 6) is 0. The average molecular weight is 390 g/mol. The van der Waals surface area contributed by atoms with Crippen molar-refractivity contribution in [2.24, 2.45) is 0 Å². The number of nitrogens with one attached hydrogen (secondary N) is 1. The Morgan fingerprint density at radius 2 is 0.957 bits per heavy atom. The fourth-order valence-electron chi connectivity index (χ4n) is 2.89. The molecule has 0 aromatic heterocycles. The SMILES string of the molecule is CCCCCCCCCCCCCCC/C=C/CC[NH+](C)C.[Br-]. The summed E-state index contributed by atoms with van der Waals surface area (Å²) in [5.41, 5.74) is 0. The molecule has 0 heterocycles. The van der Waals surface area contributed by atoms with Crippen molar-refractivity contribution in [3.63, 3.8) is 0 Å². The van der Waals surface area contributed by atoms with Gasteiger partial charge in [0.1, 0.15) is 0 Å². The van der Waals surface area contributed by atoms with Crippen molar-refractivity contribution in [1.82, 2.24) is 0 Å². The van der Waals surface area contributed by atoms with Gasteiger partial charge in [-0.3, -0.25) is 0 Å². The zero-order valence-corrected chi connectivity index (χ0v) is 17.9. The molecular weight excluding hydrogens is 346 g/mol. The highest BCUT2D eigenvalue weighted by Crippen LogP contribution is 2.12. The van der Waals surface area contributed by atoms with Crippen LogP contribution in [0.5, 0.6) is 0 Å². The number of hydrogen-bond acceptors (Lipinski definition) is 0. The molecule has 140 valence electrons. The van der Waals surface area contributed by atoms with Gasteiger partial charge < -0.3 is 21.9 Å². The molecule has 0 aromatic carbocycles. The third-order valence-corrected chi connectivity index (χ3v) is 4.45. The fraction of sp³-hybridized carbons (Fsp3) is 0.905. The van der Waals surface area contributed by atoms with E-state index in [-0.39, 0.29) is 17.0 Å². The van der Waals surface area contributed by atoms with E-state index >= 15 is 0 Å². The van der Waals surface area contributed by atoms with E-state index in [2.05, 4.69) is 33.2 Å². The van der Waals surface area contributed by atoms with Gasteiger partial charge in [-0.2, -0.15) is 0 Å². The number of halogens is 1. The van der Waals surface area contributed by atoms with Gasteiger partial charge in [0.25, 0.3) is 0 Å². The topological polar surface area (TPSA) is 4.44 Å². The minimum absolute atomic E-state index is 0. The van der Waals surface area contributed by atoms with Crippen molar-refractivity contribution in [2.75, 3.05) is 20.6 Å². The van der Waals surface area contributed by atoms with Crippen LogP contribution in [-0.4, -0.2) is 20.6 Å². The maximum absolute atomic E-state index is 2.39. The molecule has 0 amide bonds. The molecule has 1 nitrogen and oxygen atoms in total. The molecule has 0 saturated carbocycles. The van der Waals surface area contributed by atoms with Gasteiger partial charge in [-0.25, -0.2) is 0 Å². The third kappa shape index (κ3) is 24.6. The number of rotatable bonds is 17. The molecule has 0 unspecified atom stereocenters. The van der Waals surface area contributed by atoms with Crippen LogP contribution in [0.15, 0.2) is 12.2 Å². The van der Waals surface area contributed by atoms with Gasteiger partial charge in [-0.15, -0.1) is 0 Å². The highest BCUT2D eigenvalue weighted by Gasteiger charge is 1.93. The number of hydrogen-bond donors (Lipinski definition) is 1. The second-order valence-corrected chi connectivity index (χ2v) is 7.25. The predicted molar refractivity (Wildman–Crippen MR) is 102 cm³/mol. The summed E-state index contributed by atoms with van der Waals surface area (Å²) >= 11 is 0. The van der Waals surface area contributed by atoms with E-state index in [4.69, 9.17) is 0 Å². The van der Waals surface area contributed by atoms with Crippen molar-refractivity contribution in [2.45, 2.75) is 103 Å². The minimum Gasteiger partial charge on any atom is -1.00 e. The van der Waals surface area contributed by atoms with E-state index in [1.807, 2.05) is 0 Å². The maximum Gasteiger partial charge on any atom is 0.0801 e. The summed E-state index contributed by atoms with van der Waals surface area (Å²) in [6.07, 6.45) is 26.1. The molecule has 0 rings (SSSR count). The Morgan fingerprint density at radius 3 is 1.39 bits per heavy atom. The summed E-state index contributed by atoms with van der Waals surface area (Å²) in [6, 6.07) is 0. The van der Waals surface area contributed by atoms with E-state index < -0.39 is 0 Å². The first-order chi connectivity index (χ1) is 10.8. The van der Waals surface area contributed by atoms with E-state index in [9.17, 15) is 0 Å². The summed E-state index contributed by atoms with van der Waals surface area (Å²) in [6.45, 7) is 3.55. The summed E-state index contributed by atoms with van der Waals surface area (Å²) in [7, 11) is 4.45. The fourth-order valence-corrected chi connectivity index (χ4v) is 2.89. The second kappa shape index (κ2) is 22.2. The van der Waals surface area contributed by atoms with Crippen molar-refractivity contribution < 1.29 is 21.9 Å². The van der Waals surface area contributed by atoms with Crippen LogP contribution in [0.2, 0.25) is 0 Å². The van der Waals surface area contributed by atoms with Gasteiger partial charge in [-0.05, 0) is 12.8 Å². The normalized spacial score (nSPS) is 11.3. The molecule has 0 aliphatic heterocycles. The smallest absolute Gasteiger partial charge is 0.0801 e. The van der Waals surface area contributed by atoms with Gasteiger partial charge >= 0.3 is 0 Å². The Hall–Kier alpha value is 0.180. The van der Waals surface area contributed by atoms with Gasteiger partial charge in [0, 0.05) is 6.42 Å². The predicted octanol–water partition coefficient (Wildman–Crippen LogP) is 2.56. The lowest BCUT2D eigenvalue weighted by Crippen LogP contribution is -3.05. The molecule has 0 aromatic rings. The number of unbranched alkanes of at least 4 members (excludes halogenated alkanes) is 13. The zero-order valence-electron chi connectivity index (χ0n) is 16.3. The molecule has 0 saturated heterocycles. The molecular formula is C21H44BrN. The van der Waals surface area contributed by atoms with E-state index in [0.717, 1.165) is 0 Å². The largest absolute Gasteiger partial charge is 1.00 e. The lowest BCUT2D eigenvalue weighted by molar-refractivity contribution is -0.857. The second-order valence-electron chi connectivity index (χ2n) is 7.25. The lowest BCUT2D eigenvalue weighted by atomic mass is 10.0. The van der Waals surface area contributed by atoms with Crippen molar-refractivity contribution in [1.29, 1.82) is 0 Å². The van der Waals surface area contributed by atoms with Gasteiger partial charge in [0.2, 0.25) is 0 Å². The van der Waals surface area contributed by atoms with Crippen LogP contribution in [-0.2, 0) is 0 Å². The van der Waals surface area contributed by atoms with Crippen LogP contribution >= 0.6 is 0 Å². The zero-order chi connectivity index (χ0) is 16.3. The van der Waals surface area contributed by atoms with Gasteiger partial charge in [0.15, 0.2) is 0 Å². The monoisotopic (exact) mass is 389 g/mol. The van der Waals surface area contributed by atoms with Crippen LogP contribution in [0.1, 0.15) is 103 Å². The van der Waals surface area contributed by atoms with Crippen molar-refractivity contribution >= 4 is 0 Å². The van der Waals surface area contributed by atoms with Crippen LogP contribution in [0.4, 0.5) is 0 Å². The highest BCUT2D eigenvalue weighted by atomic mass is 79.9. The Morgan fingerprint density at radius 1 is 0.565 bits per heavy atom. The van der Waals surface area contributed by atoms with Crippen LogP contribution in [0, 0.1) is 0 Å². The summed E-state index contributed by atoms with van der Waals surface area (Å²) in [4.78, 5) is 1.55. The van der Waals surface area contributed by atoms with Crippen molar-refractivity contribution in [3.05, 3.63) is 12.2 Å². The molecule has 23 heavy (non-hydrogen) atoms. The third-order valence-electron chi connectivity index (χ3n) is 4.45. The Balaban J connectivity index is 0. The van der Waals surface area contributed by atoms with E-state index in [1.165, 1.54) is 103 Å². The van der Waals surface area contributed by atoms with Crippen LogP contribution < -0.4 is 21.9 Å². The Labute approximate surface area is 158 Å². The standard InChI is InChI=1S/C21H43N.BrH/c1-4-5-6-7-8-9-10-11-12-13-14-15-16-17-18-19-20-21-22(2)3;/h18-19H,4-17,20-21H2,1-3H3;1H/b19-18+;. The molecule has 0 bridgehead atoms. The maximum atomic E-state index is 2.39. The summed E-state index contributed by atoms with van der Waals surface area (Å²) in [5, 5.41) is 0. The van der Waals surface area contributed by atoms with Gasteiger partial charge in [-0.1, -0.05) is 96.1 Å². The first-order valence-corrected chi connectivity index (χ1v) is 10.2. The van der Waals surface area contributed by atoms with E-state index in [1.54, 1.807) is 4.90 Å². The number of allylic oxidation sites excluding steroid dienone is 1. The Bertz CT molecular complexity index is 226. The first-order valence-electron chi connectivity index (χ1n) is 10.2. The quantitative estimate of drug-likeness (QED) is 0.288. The molecule has 2 heteroatoms. The number of quaternary nitrogens is 1. The molecule has 0 aliphatic rings. The average Bonchev–Trinajstić information content (AvgIpc) is 2.50. The highest BCUT2D eigenvalue weighted by molar-refractivity contribution is 4.80. The van der Waals surface area contributed by atoms with Crippen molar-refractivity contribution in [3.8, 4) is 0 Å². The Kier molecular flexibility index (Phi) is 24.5. The van der Waals surface area contributed by atoms with Crippen LogP contribution in [0.25, 0.3) is 0 Å². The lowest BCUT2D eigenvalue weighted by Gasteiger charge is -2.03. The molecule has 0 atom stereocenters. The molecule has 0 fully saturated rings. The minimum atomic E-state index is 0. The molecule has 1 N–H and O–H groups in total. The first kappa shape index (κ1) is 25.4.